The van der Waals surface area contributed by atoms with Crippen LogP contribution < -0.4 is 10.3 Å². The minimum atomic E-state index is -1.10. The maximum Gasteiger partial charge on any atom is 0.248 e. The Labute approximate surface area is 121 Å². The second kappa shape index (κ2) is 5.88. The van der Waals surface area contributed by atoms with Gasteiger partial charge >= 0.3 is 0 Å². The Morgan fingerprint density at radius 1 is 1.48 bits per heavy atom. The molecule has 0 aliphatic heterocycles. The highest BCUT2D eigenvalue weighted by atomic mass is 16.5. The van der Waals surface area contributed by atoms with Crippen molar-refractivity contribution in [3.63, 3.8) is 0 Å². The van der Waals surface area contributed by atoms with Crippen LogP contribution in [0.1, 0.15) is 35.5 Å². The van der Waals surface area contributed by atoms with Crippen molar-refractivity contribution >= 4 is 6.29 Å². The first-order chi connectivity index (χ1) is 9.91. The number of aromatic nitrogens is 2. The average molecular weight is 288 g/mol. The monoisotopic (exact) mass is 288 g/mol. The Hall–Kier alpha value is -2.47. The van der Waals surface area contributed by atoms with Crippen molar-refractivity contribution in [2.45, 2.75) is 26.1 Å². The molecular formula is C15H16N2O4. The highest BCUT2D eigenvalue weighted by Gasteiger charge is 2.21. The second-order valence-electron chi connectivity index (χ2n) is 5.09. The number of hydrogen-bond acceptors (Lipinski definition) is 5. The number of hydrogen-bond donors (Lipinski definition) is 2. The first-order valence-electron chi connectivity index (χ1n) is 6.39. The average Bonchev–Trinajstić information content (AvgIpc) is 2.45. The molecule has 0 bridgehead atoms. The zero-order valence-corrected chi connectivity index (χ0v) is 11.8. The molecule has 2 aromatic heterocycles. The standard InChI is InChI=1S/C15H16N2O4/c1-15(2,20)14-10(4-3-5-16-14)9-21-12-7-17-13(19)6-11(12)8-18/h3-8,20H,9H2,1-2H3,(H,17,19). The molecule has 0 amide bonds. The van der Waals surface area contributed by atoms with Gasteiger partial charge in [-0.1, -0.05) is 6.07 Å². The van der Waals surface area contributed by atoms with Gasteiger partial charge in [0.25, 0.3) is 0 Å². The Balaban J connectivity index is 2.25. The van der Waals surface area contributed by atoms with Gasteiger partial charge in [-0.15, -0.1) is 0 Å². The van der Waals surface area contributed by atoms with Gasteiger partial charge in [0.05, 0.1) is 11.3 Å². The highest BCUT2D eigenvalue weighted by molar-refractivity contribution is 5.78. The normalized spacial score (nSPS) is 11.2. The molecule has 2 rings (SSSR count). The fraction of sp³-hybridized carbons (Fsp3) is 0.267. The highest BCUT2D eigenvalue weighted by Crippen LogP contribution is 2.23. The van der Waals surface area contributed by atoms with E-state index in [0.717, 1.165) is 0 Å². The Morgan fingerprint density at radius 2 is 2.24 bits per heavy atom. The Morgan fingerprint density at radius 3 is 2.90 bits per heavy atom. The molecule has 0 aliphatic rings. The zero-order chi connectivity index (χ0) is 15.5. The van der Waals surface area contributed by atoms with Crippen molar-refractivity contribution in [1.29, 1.82) is 0 Å². The van der Waals surface area contributed by atoms with Crippen LogP contribution in [0.2, 0.25) is 0 Å². The number of ether oxygens (including phenoxy) is 1. The summed E-state index contributed by atoms with van der Waals surface area (Å²) in [6.45, 7) is 3.39. The minimum absolute atomic E-state index is 0.125. The van der Waals surface area contributed by atoms with E-state index < -0.39 is 5.60 Å². The summed E-state index contributed by atoms with van der Waals surface area (Å²) < 4.78 is 5.55. The molecule has 0 aromatic carbocycles. The number of aromatic amines is 1. The van der Waals surface area contributed by atoms with E-state index in [1.165, 1.54) is 12.3 Å². The van der Waals surface area contributed by atoms with Gasteiger partial charge in [0.2, 0.25) is 5.56 Å². The van der Waals surface area contributed by atoms with Crippen LogP contribution in [0.3, 0.4) is 0 Å². The Kier molecular flexibility index (Phi) is 4.18. The molecule has 2 aromatic rings. The van der Waals surface area contributed by atoms with E-state index in [9.17, 15) is 14.7 Å². The number of nitrogens with zero attached hydrogens (tertiary/aromatic N) is 1. The van der Waals surface area contributed by atoms with Gasteiger partial charge in [-0.2, -0.15) is 0 Å². The van der Waals surface area contributed by atoms with Crippen molar-refractivity contribution in [1.82, 2.24) is 9.97 Å². The topological polar surface area (TPSA) is 92.3 Å². The summed E-state index contributed by atoms with van der Waals surface area (Å²) in [5.74, 6) is 0.273. The van der Waals surface area contributed by atoms with E-state index in [1.807, 2.05) is 0 Å². The van der Waals surface area contributed by atoms with E-state index in [2.05, 4.69) is 9.97 Å². The van der Waals surface area contributed by atoms with E-state index in [0.29, 0.717) is 17.5 Å². The van der Waals surface area contributed by atoms with Gasteiger partial charge in [-0.05, 0) is 19.9 Å². The smallest absolute Gasteiger partial charge is 0.248 e. The molecule has 21 heavy (non-hydrogen) atoms. The summed E-state index contributed by atoms with van der Waals surface area (Å²) in [6, 6.07) is 4.69. The van der Waals surface area contributed by atoms with Crippen LogP contribution in [-0.2, 0) is 12.2 Å². The van der Waals surface area contributed by atoms with Crippen molar-refractivity contribution < 1.29 is 14.6 Å². The minimum Gasteiger partial charge on any atom is -0.487 e. The number of carbonyl (C=O) groups excluding carboxylic acids is 1. The molecule has 0 spiro atoms. The number of aliphatic hydroxyl groups is 1. The number of H-pyrrole nitrogens is 1. The number of carbonyl (C=O) groups is 1. The van der Waals surface area contributed by atoms with Crippen molar-refractivity contribution in [2.24, 2.45) is 0 Å². The molecule has 2 heterocycles. The molecule has 110 valence electrons. The molecule has 0 saturated carbocycles. The van der Waals surface area contributed by atoms with Crippen LogP contribution >= 0.6 is 0 Å². The summed E-state index contributed by atoms with van der Waals surface area (Å²) in [5, 5.41) is 10.1. The van der Waals surface area contributed by atoms with Crippen LogP contribution in [0.5, 0.6) is 5.75 Å². The van der Waals surface area contributed by atoms with E-state index in [4.69, 9.17) is 4.74 Å². The van der Waals surface area contributed by atoms with Crippen LogP contribution in [-0.4, -0.2) is 21.4 Å². The summed E-state index contributed by atoms with van der Waals surface area (Å²) in [5.41, 5.74) is -0.0936. The van der Waals surface area contributed by atoms with Crippen LogP contribution in [0.15, 0.2) is 35.4 Å². The molecule has 6 heteroatoms. The van der Waals surface area contributed by atoms with Gasteiger partial charge in [-0.3, -0.25) is 14.6 Å². The molecule has 0 aliphatic carbocycles. The number of rotatable bonds is 5. The van der Waals surface area contributed by atoms with Crippen LogP contribution in [0.4, 0.5) is 0 Å². The molecule has 0 saturated heterocycles. The summed E-state index contributed by atoms with van der Waals surface area (Å²) in [7, 11) is 0. The molecule has 6 nitrogen and oxygen atoms in total. The predicted octanol–water partition coefficient (Wildman–Crippen LogP) is 1.39. The summed E-state index contributed by atoms with van der Waals surface area (Å²) >= 11 is 0. The quantitative estimate of drug-likeness (QED) is 0.811. The Bertz CT molecular complexity index is 701. The van der Waals surface area contributed by atoms with E-state index in [1.54, 1.807) is 32.2 Å². The number of aldehydes is 1. The maximum atomic E-state index is 11.1. The molecule has 2 N–H and O–H groups in total. The molecular weight excluding hydrogens is 272 g/mol. The lowest BCUT2D eigenvalue weighted by molar-refractivity contribution is 0.0714. The third-order valence-electron chi connectivity index (χ3n) is 2.90. The fourth-order valence-corrected chi connectivity index (χ4v) is 1.95. The molecule has 0 unspecified atom stereocenters. The fourth-order valence-electron chi connectivity index (χ4n) is 1.95. The third-order valence-corrected chi connectivity index (χ3v) is 2.90. The van der Waals surface area contributed by atoms with Crippen LogP contribution in [0, 0.1) is 0 Å². The third kappa shape index (κ3) is 3.55. The van der Waals surface area contributed by atoms with Gasteiger partial charge in [0, 0.05) is 24.0 Å². The summed E-state index contributed by atoms with van der Waals surface area (Å²) in [4.78, 5) is 28.7. The van der Waals surface area contributed by atoms with E-state index >= 15 is 0 Å². The molecule has 0 radical (unpaired) electrons. The van der Waals surface area contributed by atoms with Crippen LogP contribution in [0.25, 0.3) is 0 Å². The van der Waals surface area contributed by atoms with Crippen molar-refractivity contribution in [3.05, 3.63) is 57.8 Å². The zero-order valence-electron chi connectivity index (χ0n) is 11.8. The SMILES string of the molecule is CC(C)(O)c1ncccc1COc1c[nH]c(=O)cc1C=O. The molecule has 0 atom stereocenters. The molecule has 0 fully saturated rings. The van der Waals surface area contributed by atoms with Crippen molar-refractivity contribution in [2.75, 3.05) is 0 Å². The first kappa shape index (κ1) is 14.9. The second-order valence-corrected chi connectivity index (χ2v) is 5.09. The summed E-state index contributed by atoms with van der Waals surface area (Å²) in [6.07, 6.45) is 3.49. The van der Waals surface area contributed by atoms with E-state index in [-0.39, 0.29) is 23.5 Å². The lowest BCUT2D eigenvalue weighted by Crippen LogP contribution is -2.20. The predicted molar refractivity (Wildman–Crippen MR) is 76.3 cm³/mol. The maximum absolute atomic E-state index is 11.1. The van der Waals surface area contributed by atoms with Gasteiger partial charge in [0.15, 0.2) is 6.29 Å². The van der Waals surface area contributed by atoms with Gasteiger partial charge < -0.3 is 14.8 Å². The number of pyridine rings is 2. The first-order valence-corrected chi connectivity index (χ1v) is 6.39. The van der Waals surface area contributed by atoms with Gasteiger partial charge in [0.1, 0.15) is 18.0 Å². The lowest BCUT2D eigenvalue weighted by atomic mass is 10.00. The number of nitrogens with one attached hydrogen (secondary N) is 1. The van der Waals surface area contributed by atoms with Crippen molar-refractivity contribution in [3.8, 4) is 5.75 Å². The largest absolute Gasteiger partial charge is 0.487 e. The lowest BCUT2D eigenvalue weighted by Gasteiger charge is -2.20. The van der Waals surface area contributed by atoms with Gasteiger partial charge in [-0.25, -0.2) is 0 Å².